The van der Waals surface area contributed by atoms with E-state index in [-0.39, 0.29) is 0 Å². The summed E-state index contributed by atoms with van der Waals surface area (Å²) in [4.78, 5) is 11.8. The van der Waals surface area contributed by atoms with Crippen LogP contribution in [-0.2, 0) is 4.74 Å². The SMILES string of the molecule is COc1c(N)cccc1C(=O)OCCCSC. The third-order valence-electron chi connectivity index (χ3n) is 2.20. The fourth-order valence-corrected chi connectivity index (χ4v) is 1.80. The molecule has 94 valence electrons. The van der Waals surface area contributed by atoms with Crippen LogP contribution in [0.15, 0.2) is 18.2 Å². The van der Waals surface area contributed by atoms with E-state index < -0.39 is 5.97 Å². The molecule has 0 radical (unpaired) electrons. The van der Waals surface area contributed by atoms with Gasteiger partial charge < -0.3 is 15.2 Å². The highest BCUT2D eigenvalue weighted by molar-refractivity contribution is 7.98. The average molecular weight is 255 g/mol. The van der Waals surface area contributed by atoms with Crippen molar-refractivity contribution in [2.45, 2.75) is 6.42 Å². The summed E-state index contributed by atoms with van der Waals surface area (Å²) in [7, 11) is 1.48. The Kier molecular flexibility index (Phi) is 5.69. The van der Waals surface area contributed by atoms with Crippen LogP contribution < -0.4 is 10.5 Å². The summed E-state index contributed by atoms with van der Waals surface area (Å²) >= 11 is 1.72. The van der Waals surface area contributed by atoms with Crippen molar-refractivity contribution < 1.29 is 14.3 Å². The lowest BCUT2D eigenvalue weighted by Gasteiger charge is -2.10. The number of nitrogen functional groups attached to an aromatic ring is 1. The average Bonchev–Trinajstić information content (AvgIpc) is 2.34. The molecule has 0 spiro atoms. The molecule has 0 amide bonds. The van der Waals surface area contributed by atoms with Gasteiger partial charge in [-0.05, 0) is 30.6 Å². The second-order valence-electron chi connectivity index (χ2n) is 3.41. The van der Waals surface area contributed by atoms with Gasteiger partial charge in [-0.1, -0.05) is 6.07 Å². The fourth-order valence-electron chi connectivity index (χ4n) is 1.39. The van der Waals surface area contributed by atoms with Crippen LogP contribution in [0.2, 0.25) is 0 Å². The first-order valence-corrected chi connectivity index (χ1v) is 6.68. The number of rotatable bonds is 6. The van der Waals surface area contributed by atoms with Gasteiger partial charge in [0, 0.05) is 0 Å². The predicted molar refractivity (Wildman–Crippen MR) is 70.7 cm³/mol. The van der Waals surface area contributed by atoms with Crippen molar-refractivity contribution in [1.29, 1.82) is 0 Å². The molecule has 17 heavy (non-hydrogen) atoms. The summed E-state index contributed by atoms with van der Waals surface area (Å²) < 4.78 is 10.2. The maximum atomic E-state index is 11.8. The van der Waals surface area contributed by atoms with Gasteiger partial charge in [-0.15, -0.1) is 0 Å². The lowest BCUT2D eigenvalue weighted by atomic mass is 10.2. The number of thioether (sulfide) groups is 1. The molecular formula is C12H17NO3S. The van der Waals surface area contributed by atoms with E-state index in [2.05, 4.69) is 0 Å². The van der Waals surface area contributed by atoms with Gasteiger partial charge in [0.1, 0.15) is 5.56 Å². The minimum Gasteiger partial charge on any atom is -0.494 e. The van der Waals surface area contributed by atoms with Crippen LogP contribution in [0, 0.1) is 0 Å². The minimum absolute atomic E-state index is 0.372. The Morgan fingerprint density at radius 3 is 2.88 bits per heavy atom. The maximum absolute atomic E-state index is 11.8. The molecule has 0 aromatic heterocycles. The second-order valence-corrected chi connectivity index (χ2v) is 4.40. The summed E-state index contributed by atoms with van der Waals surface area (Å²) in [6, 6.07) is 5.03. The van der Waals surface area contributed by atoms with Crippen molar-refractivity contribution in [3.05, 3.63) is 23.8 Å². The number of hydrogen-bond acceptors (Lipinski definition) is 5. The molecule has 0 heterocycles. The quantitative estimate of drug-likeness (QED) is 0.479. The van der Waals surface area contributed by atoms with Gasteiger partial charge in [0.05, 0.1) is 19.4 Å². The lowest BCUT2D eigenvalue weighted by Crippen LogP contribution is -2.09. The molecule has 1 aromatic carbocycles. The summed E-state index contributed by atoms with van der Waals surface area (Å²) in [6.45, 7) is 0.414. The van der Waals surface area contributed by atoms with Gasteiger partial charge in [-0.25, -0.2) is 4.79 Å². The summed E-state index contributed by atoms with van der Waals surface area (Å²) in [5.74, 6) is 0.957. The van der Waals surface area contributed by atoms with Crippen molar-refractivity contribution >= 4 is 23.4 Å². The molecule has 0 aliphatic carbocycles. The zero-order valence-electron chi connectivity index (χ0n) is 10.1. The molecule has 2 N–H and O–H groups in total. The fraction of sp³-hybridized carbons (Fsp3) is 0.417. The Morgan fingerprint density at radius 2 is 2.24 bits per heavy atom. The van der Waals surface area contributed by atoms with Crippen LogP contribution >= 0.6 is 11.8 Å². The van der Waals surface area contributed by atoms with E-state index in [0.29, 0.717) is 23.6 Å². The third kappa shape index (κ3) is 3.85. The van der Waals surface area contributed by atoms with Crippen molar-refractivity contribution in [3.8, 4) is 5.75 Å². The van der Waals surface area contributed by atoms with Crippen molar-refractivity contribution in [3.63, 3.8) is 0 Å². The van der Waals surface area contributed by atoms with Gasteiger partial charge >= 0.3 is 5.97 Å². The van der Waals surface area contributed by atoms with Crippen LogP contribution in [0.5, 0.6) is 5.75 Å². The molecule has 1 rings (SSSR count). The molecule has 0 saturated carbocycles. The number of carbonyl (C=O) groups is 1. The highest BCUT2D eigenvalue weighted by atomic mass is 32.2. The molecule has 0 atom stereocenters. The van der Waals surface area contributed by atoms with E-state index in [9.17, 15) is 4.79 Å². The predicted octanol–water partition coefficient (Wildman–Crippen LogP) is 2.19. The molecule has 0 aliphatic heterocycles. The van der Waals surface area contributed by atoms with Crippen LogP contribution in [0.3, 0.4) is 0 Å². The van der Waals surface area contributed by atoms with Gasteiger partial charge in [0.15, 0.2) is 5.75 Å². The van der Waals surface area contributed by atoms with Crippen LogP contribution in [-0.4, -0.2) is 31.7 Å². The van der Waals surface area contributed by atoms with E-state index in [1.165, 1.54) is 7.11 Å². The molecule has 0 aliphatic rings. The number of esters is 1. The monoisotopic (exact) mass is 255 g/mol. The molecule has 1 aromatic rings. The Bertz CT molecular complexity index is 382. The summed E-state index contributed by atoms with van der Waals surface area (Å²) in [5.41, 5.74) is 6.52. The zero-order valence-corrected chi connectivity index (χ0v) is 10.9. The molecule has 5 heteroatoms. The van der Waals surface area contributed by atoms with Crippen molar-refractivity contribution in [2.75, 3.05) is 31.5 Å². The number of carbonyl (C=O) groups excluding carboxylic acids is 1. The molecule has 0 unspecified atom stereocenters. The Hall–Kier alpha value is -1.36. The van der Waals surface area contributed by atoms with E-state index in [1.807, 2.05) is 6.26 Å². The number of hydrogen-bond donors (Lipinski definition) is 1. The molecule has 0 fully saturated rings. The lowest BCUT2D eigenvalue weighted by molar-refractivity contribution is 0.0503. The van der Waals surface area contributed by atoms with Gasteiger partial charge in [0.25, 0.3) is 0 Å². The number of nitrogens with two attached hydrogens (primary N) is 1. The topological polar surface area (TPSA) is 61.5 Å². The summed E-state index contributed by atoms with van der Waals surface area (Å²) in [6.07, 6.45) is 2.86. The highest BCUT2D eigenvalue weighted by Gasteiger charge is 2.15. The second kappa shape index (κ2) is 7.06. The van der Waals surface area contributed by atoms with Gasteiger partial charge in [-0.3, -0.25) is 0 Å². The smallest absolute Gasteiger partial charge is 0.342 e. The van der Waals surface area contributed by atoms with Gasteiger partial charge in [0.2, 0.25) is 0 Å². The number of methoxy groups -OCH3 is 1. The minimum atomic E-state index is -0.393. The normalized spacial score (nSPS) is 10.0. The van der Waals surface area contributed by atoms with E-state index in [1.54, 1.807) is 30.0 Å². The number of para-hydroxylation sites is 1. The first-order valence-electron chi connectivity index (χ1n) is 5.29. The zero-order chi connectivity index (χ0) is 12.7. The number of benzene rings is 1. The number of ether oxygens (including phenoxy) is 2. The van der Waals surface area contributed by atoms with E-state index in [0.717, 1.165) is 12.2 Å². The third-order valence-corrected chi connectivity index (χ3v) is 2.89. The standard InChI is InChI=1S/C12H17NO3S/c1-15-11-9(5-3-6-10(11)13)12(14)16-7-4-8-17-2/h3,5-6H,4,7-8,13H2,1-2H3. The Morgan fingerprint density at radius 1 is 1.47 bits per heavy atom. The Balaban J connectivity index is 2.65. The largest absolute Gasteiger partial charge is 0.494 e. The molecule has 4 nitrogen and oxygen atoms in total. The molecule has 0 bridgehead atoms. The maximum Gasteiger partial charge on any atom is 0.342 e. The first kappa shape index (κ1) is 13.7. The van der Waals surface area contributed by atoms with Crippen LogP contribution in [0.25, 0.3) is 0 Å². The number of anilines is 1. The Labute approximate surface area is 105 Å². The first-order chi connectivity index (χ1) is 8.20. The van der Waals surface area contributed by atoms with Crippen LogP contribution in [0.1, 0.15) is 16.8 Å². The van der Waals surface area contributed by atoms with Crippen molar-refractivity contribution in [1.82, 2.24) is 0 Å². The van der Waals surface area contributed by atoms with Crippen LogP contribution in [0.4, 0.5) is 5.69 Å². The molecule has 0 saturated heterocycles. The van der Waals surface area contributed by atoms with Gasteiger partial charge in [-0.2, -0.15) is 11.8 Å². The van der Waals surface area contributed by atoms with E-state index >= 15 is 0 Å². The molecular weight excluding hydrogens is 238 g/mol. The summed E-state index contributed by atoms with van der Waals surface area (Å²) in [5, 5.41) is 0. The van der Waals surface area contributed by atoms with E-state index in [4.69, 9.17) is 15.2 Å². The highest BCUT2D eigenvalue weighted by Crippen LogP contribution is 2.26. The van der Waals surface area contributed by atoms with Crippen molar-refractivity contribution in [2.24, 2.45) is 0 Å².